The Morgan fingerprint density at radius 1 is 1.00 bits per heavy atom. The molecule has 0 saturated carbocycles. The van der Waals surface area contributed by atoms with Crippen LogP contribution in [0, 0.1) is 11.5 Å². The lowest BCUT2D eigenvalue weighted by atomic mass is 9.82. The number of hydrogen-bond donors (Lipinski definition) is 1. The Balaban J connectivity index is 1.87. The van der Waals surface area contributed by atoms with Gasteiger partial charge in [0, 0.05) is 23.1 Å². The van der Waals surface area contributed by atoms with Crippen molar-refractivity contribution in [2.24, 2.45) is 4.99 Å². The molecule has 0 fully saturated rings. The maximum atomic E-state index is 13.1. The molecule has 1 amide bonds. The zero-order valence-corrected chi connectivity index (χ0v) is 16.0. The molecule has 0 aliphatic heterocycles. The molecule has 1 N–H and O–H groups in total. The highest BCUT2D eigenvalue weighted by atomic mass is 16.1. The van der Waals surface area contributed by atoms with Crippen molar-refractivity contribution >= 4 is 23.1 Å². The van der Waals surface area contributed by atoms with Crippen LogP contribution in [0.15, 0.2) is 47.5 Å². The van der Waals surface area contributed by atoms with E-state index in [4.69, 9.17) is 5.26 Å². The fraction of sp³-hybridized carbons (Fsp3) is 0.304. The minimum Gasteiger partial charge on any atom is -0.325 e. The molecule has 0 atom stereocenters. The number of carbonyl (C=O) groups is 2. The van der Waals surface area contributed by atoms with Gasteiger partial charge in [-0.2, -0.15) is 10.3 Å². The monoisotopic (exact) mass is 373 g/mol. The first-order valence-corrected chi connectivity index (χ1v) is 9.71. The van der Waals surface area contributed by atoms with Crippen LogP contribution in [0.4, 0.5) is 5.69 Å². The number of nitrogens with zero attached hydrogens (tertiary/aromatic N) is 2. The van der Waals surface area contributed by atoms with Crippen molar-refractivity contribution in [2.75, 3.05) is 5.32 Å². The number of aliphatic imine (C=N–C) groups is 1. The highest BCUT2D eigenvalue weighted by Crippen LogP contribution is 2.32. The number of hydrogen-bond acceptors (Lipinski definition) is 4. The van der Waals surface area contributed by atoms with Gasteiger partial charge < -0.3 is 5.32 Å². The maximum Gasteiger partial charge on any atom is 0.224 e. The van der Waals surface area contributed by atoms with Crippen LogP contribution in [0.5, 0.6) is 0 Å². The minimum absolute atomic E-state index is 0.102. The van der Waals surface area contributed by atoms with E-state index >= 15 is 0 Å². The molecular formula is C23H23N3O2. The predicted molar refractivity (Wildman–Crippen MR) is 110 cm³/mol. The summed E-state index contributed by atoms with van der Waals surface area (Å²) in [6.45, 7) is 2.16. The zero-order valence-electron chi connectivity index (χ0n) is 16.0. The molecule has 0 heterocycles. The highest BCUT2D eigenvalue weighted by Gasteiger charge is 2.30. The smallest absolute Gasteiger partial charge is 0.224 e. The summed E-state index contributed by atoms with van der Waals surface area (Å²) in [7, 11) is 0. The molecular weight excluding hydrogens is 350 g/mol. The topological polar surface area (TPSA) is 82.3 Å². The SMILES string of the molecule is CCCCCCCC(=O)Nc1cccc2c1C(=O)c1ccccc1C2=NC#N. The molecule has 0 aromatic heterocycles. The Bertz CT molecular complexity index is 970. The third-order valence-corrected chi connectivity index (χ3v) is 4.92. The summed E-state index contributed by atoms with van der Waals surface area (Å²) in [6, 6.07) is 12.4. The van der Waals surface area contributed by atoms with Crippen molar-refractivity contribution in [3.05, 3.63) is 64.7 Å². The quantitative estimate of drug-likeness (QED) is 0.475. The minimum atomic E-state index is -0.165. The van der Waals surface area contributed by atoms with Crippen LogP contribution < -0.4 is 5.32 Å². The first-order valence-electron chi connectivity index (χ1n) is 9.71. The van der Waals surface area contributed by atoms with E-state index < -0.39 is 0 Å². The Kier molecular flexibility index (Phi) is 6.33. The number of benzene rings is 2. The van der Waals surface area contributed by atoms with Crippen molar-refractivity contribution in [2.45, 2.75) is 45.4 Å². The first-order chi connectivity index (χ1) is 13.7. The van der Waals surface area contributed by atoms with E-state index in [0.717, 1.165) is 19.3 Å². The van der Waals surface area contributed by atoms with Gasteiger partial charge in [0.2, 0.25) is 12.1 Å². The Hall–Kier alpha value is -3.26. The number of nitriles is 1. The van der Waals surface area contributed by atoms with E-state index in [1.807, 2.05) is 12.3 Å². The molecule has 0 bridgehead atoms. The zero-order chi connectivity index (χ0) is 19.9. The van der Waals surface area contributed by atoms with Gasteiger partial charge in [-0.1, -0.05) is 69.0 Å². The third-order valence-electron chi connectivity index (χ3n) is 4.92. The number of ketones is 1. The molecule has 5 nitrogen and oxygen atoms in total. The summed E-state index contributed by atoms with van der Waals surface area (Å²) >= 11 is 0. The molecule has 1 aliphatic carbocycles. The van der Waals surface area contributed by atoms with Gasteiger partial charge in [-0.3, -0.25) is 9.59 Å². The van der Waals surface area contributed by atoms with Gasteiger partial charge in [0.15, 0.2) is 5.78 Å². The van der Waals surface area contributed by atoms with Crippen LogP contribution in [-0.4, -0.2) is 17.4 Å². The lowest BCUT2D eigenvalue weighted by Crippen LogP contribution is -2.24. The van der Waals surface area contributed by atoms with Crippen molar-refractivity contribution in [3.8, 4) is 6.19 Å². The van der Waals surface area contributed by atoms with Crippen molar-refractivity contribution in [3.63, 3.8) is 0 Å². The molecule has 0 unspecified atom stereocenters. The number of anilines is 1. The Labute approximate surface area is 165 Å². The fourth-order valence-electron chi connectivity index (χ4n) is 3.54. The van der Waals surface area contributed by atoms with Crippen LogP contribution in [0.3, 0.4) is 0 Å². The van der Waals surface area contributed by atoms with Crippen LogP contribution in [0.1, 0.15) is 72.5 Å². The van der Waals surface area contributed by atoms with Gasteiger partial charge in [-0.25, -0.2) is 0 Å². The third kappa shape index (κ3) is 4.01. The van der Waals surface area contributed by atoms with Gasteiger partial charge in [-0.05, 0) is 12.5 Å². The van der Waals surface area contributed by atoms with Gasteiger partial charge >= 0.3 is 0 Å². The lowest BCUT2D eigenvalue weighted by molar-refractivity contribution is -0.116. The summed E-state index contributed by atoms with van der Waals surface area (Å²) in [6.07, 6.45) is 7.60. The standard InChI is InChI=1S/C23H23N3O2/c1-2-3-4-5-6-14-20(27)26-19-13-9-12-18-21(19)23(28)17-11-8-7-10-16(17)22(18)25-15-24/h7-13H,2-6,14H2,1H3,(H,26,27). The molecule has 0 spiro atoms. The van der Waals surface area contributed by atoms with Crippen LogP contribution in [-0.2, 0) is 4.79 Å². The maximum absolute atomic E-state index is 13.1. The van der Waals surface area contributed by atoms with Crippen molar-refractivity contribution in [1.29, 1.82) is 5.26 Å². The molecule has 3 rings (SSSR count). The summed E-state index contributed by atoms with van der Waals surface area (Å²) in [5.74, 6) is -0.267. The molecule has 28 heavy (non-hydrogen) atoms. The normalized spacial score (nSPS) is 13.6. The first kappa shape index (κ1) is 19.5. The Morgan fingerprint density at radius 2 is 1.71 bits per heavy atom. The van der Waals surface area contributed by atoms with Crippen LogP contribution >= 0.6 is 0 Å². The summed E-state index contributed by atoms with van der Waals surface area (Å²) in [4.78, 5) is 29.4. The average Bonchev–Trinajstić information content (AvgIpc) is 2.71. The summed E-state index contributed by atoms with van der Waals surface area (Å²) in [5.41, 5.74) is 3.04. The number of amides is 1. The number of rotatable bonds is 7. The highest BCUT2D eigenvalue weighted by molar-refractivity contribution is 6.32. The molecule has 142 valence electrons. The molecule has 2 aromatic carbocycles. The van der Waals surface area contributed by atoms with E-state index in [2.05, 4.69) is 17.2 Å². The molecule has 2 aromatic rings. The van der Waals surface area contributed by atoms with Crippen molar-refractivity contribution < 1.29 is 9.59 Å². The number of fused-ring (bicyclic) bond motifs is 2. The molecule has 1 aliphatic rings. The largest absolute Gasteiger partial charge is 0.325 e. The van der Waals surface area contributed by atoms with E-state index in [-0.39, 0.29) is 11.7 Å². The van der Waals surface area contributed by atoms with Gasteiger partial charge in [-0.15, -0.1) is 0 Å². The average molecular weight is 373 g/mol. The summed E-state index contributed by atoms with van der Waals surface area (Å²) < 4.78 is 0. The van der Waals surface area contributed by atoms with Gasteiger partial charge in [0.05, 0.1) is 17.0 Å². The molecule has 0 radical (unpaired) electrons. The lowest BCUT2D eigenvalue weighted by Gasteiger charge is -2.22. The number of carbonyl (C=O) groups excluding carboxylic acids is 2. The van der Waals surface area contributed by atoms with Crippen LogP contribution in [0.2, 0.25) is 0 Å². The fourth-order valence-corrected chi connectivity index (χ4v) is 3.54. The second-order valence-electron chi connectivity index (χ2n) is 6.88. The van der Waals surface area contributed by atoms with Crippen molar-refractivity contribution in [1.82, 2.24) is 0 Å². The second kappa shape index (κ2) is 9.09. The van der Waals surface area contributed by atoms with Crippen LogP contribution in [0.25, 0.3) is 0 Å². The second-order valence-corrected chi connectivity index (χ2v) is 6.88. The number of unbranched alkanes of at least 4 members (excludes halogenated alkanes) is 4. The number of nitrogens with one attached hydrogen (secondary N) is 1. The Morgan fingerprint density at radius 3 is 2.46 bits per heavy atom. The van der Waals surface area contributed by atoms with Gasteiger partial charge in [0.1, 0.15) is 0 Å². The predicted octanol–water partition coefficient (Wildman–Crippen LogP) is 4.85. The van der Waals surface area contributed by atoms with E-state index in [0.29, 0.717) is 40.1 Å². The van der Waals surface area contributed by atoms with Gasteiger partial charge in [0.25, 0.3) is 0 Å². The molecule has 5 heteroatoms. The van der Waals surface area contributed by atoms with E-state index in [1.165, 1.54) is 12.8 Å². The summed E-state index contributed by atoms with van der Waals surface area (Å²) in [5, 5.41) is 12.0. The molecule has 0 saturated heterocycles. The van der Waals surface area contributed by atoms with E-state index in [1.54, 1.807) is 36.4 Å². The van der Waals surface area contributed by atoms with E-state index in [9.17, 15) is 9.59 Å².